The van der Waals surface area contributed by atoms with E-state index in [-0.39, 0.29) is 5.04 Å². The first kappa shape index (κ1) is 17.5. The summed E-state index contributed by atoms with van der Waals surface area (Å²) in [6.45, 7) is 14.6. The van der Waals surface area contributed by atoms with E-state index in [1.165, 1.54) is 12.8 Å². The maximum Gasteiger partial charge on any atom is 0.191 e. The van der Waals surface area contributed by atoms with Gasteiger partial charge in [0.1, 0.15) is 11.4 Å². The maximum atomic E-state index is 6.42. The molecule has 1 saturated heterocycles. The lowest BCUT2D eigenvalue weighted by atomic mass is 9.98. The molecule has 132 valence electrons. The van der Waals surface area contributed by atoms with Gasteiger partial charge in [0.15, 0.2) is 8.32 Å². The monoisotopic (exact) mass is 346 g/mol. The van der Waals surface area contributed by atoms with Crippen molar-refractivity contribution in [3.8, 4) is 0 Å². The number of furan rings is 1. The largest absolute Gasteiger partial charge is 0.464 e. The van der Waals surface area contributed by atoms with Gasteiger partial charge in [-0.2, -0.15) is 0 Å². The standard InChI is InChI=1S/C19H30N2O2Si/c1-19(2,3)24(4,5)23-14-15-7-11-21(12-8-15)18-16-9-13-22-17(16)6-10-20-18/h6,9-10,13,15H,7-8,11-12,14H2,1-5H3. The van der Waals surface area contributed by atoms with Crippen molar-refractivity contribution >= 4 is 25.1 Å². The summed E-state index contributed by atoms with van der Waals surface area (Å²) in [6.07, 6.45) is 5.93. The molecule has 1 aliphatic rings. The summed E-state index contributed by atoms with van der Waals surface area (Å²) in [4.78, 5) is 6.98. The normalized spacial score (nSPS) is 17.6. The molecule has 0 aromatic carbocycles. The first-order chi connectivity index (χ1) is 11.3. The molecule has 3 rings (SSSR count). The zero-order valence-corrected chi connectivity index (χ0v) is 16.6. The van der Waals surface area contributed by atoms with Crippen LogP contribution < -0.4 is 4.90 Å². The molecule has 1 aliphatic heterocycles. The van der Waals surface area contributed by atoms with Gasteiger partial charge < -0.3 is 13.7 Å². The van der Waals surface area contributed by atoms with Crippen molar-refractivity contribution in [2.45, 2.75) is 51.7 Å². The molecule has 1 fully saturated rings. The second kappa shape index (κ2) is 6.52. The second-order valence-corrected chi connectivity index (χ2v) is 13.3. The molecule has 2 aromatic heterocycles. The minimum absolute atomic E-state index is 0.286. The van der Waals surface area contributed by atoms with Crippen molar-refractivity contribution in [3.63, 3.8) is 0 Å². The van der Waals surface area contributed by atoms with E-state index >= 15 is 0 Å². The topological polar surface area (TPSA) is 38.5 Å². The average molecular weight is 347 g/mol. The van der Waals surface area contributed by atoms with Gasteiger partial charge >= 0.3 is 0 Å². The predicted octanol–water partition coefficient (Wildman–Crippen LogP) is 5.07. The molecule has 0 radical (unpaired) electrons. The quantitative estimate of drug-likeness (QED) is 0.725. The Morgan fingerprint density at radius 1 is 1.25 bits per heavy atom. The van der Waals surface area contributed by atoms with Gasteiger partial charge in [0, 0.05) is 25.9 Å². The Balaban J connectivity index is 1.58. The van der Waals surface area contributed by atoms with E-state index in [2.05, 4.69) is 43.7 Å². The van der Waals surface area contributed by atoms with Crippen molar-refractivity contribution in [2.75, 3.05) is 24.6 Å². The third-order valence-electron chi connectivity index (χ3n) is 5.76. The van der Waals surface area contributed by atoms with Gasteiger partial charge in [-0.3, -0.25) is 0 Å². The first-order valence-electron chi connectivity index (χ1n) is 8.99. The molecule has 0 amide bonds. The molecule has 0 unspecified atom stereocenters. The molecule has 0 atom stereocenters. The number of aromatic nitrogens is 1. The van der Waals surface area contributed by atoms with Crippen LogP contribution in [0.1, 0.15) is 33.6 Å². The lowest BCUT2D eigenvalue weighted by Crippen LogP contribution is -2.43. The van der Waals surface area contributed by atoms with Crippen molar-refractivity contribution in [1.29, 1.82) is 0 Å². The zero-order chi connectivity index (χ0) is 17.4. The molecule has 0 bridgehead atoms. The third kappa shape index (κ3) is 3.52. The Kier molecular flexibility index (Phi) is 4.75. The van der Waals surface area contributed by atoms with Gasteiger partial charge in [-0.05, 0) is 49.0 Å². The predicted molar refractivity (Wildman–Crippen MR) is 102 cm³/mol. The lowest BCUT2D eigenvalue weighted by Gasteiger charge is -2.39. The molecule has 5 heteroatoms. The third-order valence-corrected chi connectivity index (χ3v) is 10.3. The Morgan fingerprint density at radius 2 is 1.96 bits per heavy atom. The molecular weight excluding hydrogens is 316 g/mol. The highest BCUT2D eigenvalue weighted by atomic mass is 28.4. The van der Waals surface area contributed by atoms with Crippen LogP contribution in [0.4, 0.5) is 5.82 Å². The Bertz CT molecular complexity index is 682. The van der Waals surface area contributed by atoms with Gasteiger partial charge in [-0.25, -0.2) is 4.98 Å². The smallest absolute Gasteiger partial charge is 0.191 e. The van der Waals surface area contributed by atoms with Gasteiger partial charge in [0.05, 0.1) is 11.6 Å². The number of nitrogens with zero attached hydrogens (tertiary/aromatic N) is 2. The second-order valence-electron chi connectivity index (χ2n) is 8.47. The van der Waals surface area contributed by atoms with E-state index in [1.807, 2.05) is 18.3 Å². The summed E-state index contributed by atoms with van der Waals surface area (Å²) < 4.78 is 11.9. The molecule has 4 nitrogen and oxygen atoms in total. The van der Waals surface area contributed by atoms with Crippen LogP contribution in [0.5, 0.6) is 0 Å². The van der Waals surface area contributed by atoms with Crippen LogP contribution in [0.2, 0.25) is 18.1 Å². The fraction of sp³-hybridized carbons (Fsp3) is 0.632. The molecular formula is C19H30N2O2Si. The van der Waals surface area contributed by atoms with Crippen LogP contribution in [0.3, 0.4) is 0 Å². The number of hydrogen-bond acceptors (Lipinski definition) is 4. The van der Waals surface area contributed by atoms with Crippen LogP contribution in [0.15, 0.2) is 29.0 Å². The summed E-state index contributed by atoms with van der Waals surface area (Å²) in [7, 11) is -1.64. The Hall–Kier alpha value is -1.33. The van der Waals surface area contributed by atoms with Gasteiger partial charge in [0.2, 0.25) is 0 Å². The van der Waals surface area contributed by atoms with Crippen molar-refractivity contribution < 1.29 is 8.84 Å². The molecule has 0 N–H and O–H groups in total. The molecule has 24 heavy (non-hydrogen) atoms. The van der Waals surface area contributed by atoms with Gasteiger partial charge in [-0.15, -0.1) is 0 Å². The molecule has 3 heterocycles. The van der Waals surface area contributed by atoms with E-state index < -0.39 is 8.32 Å². The summed E-state index contributed by atoms with van der Waals surface area (Å²) in [6, 6.07) is 3.95. The summed E-state index contributed by atoms with van der Waals surface area (Å²) in [5.41, 5.74) is 0.920. The van der Waals surface area contributed by atoms with Crippen LogP contribution >= 0.6 is 0 Å². The Labute approximate surface area is 146 Å². The van der Waals surface area contributed by atoms with Gasteiger partial charge in [-0.1, -0.05) is 20.8 Å². The SMILES string of the molecule is CC(C)(C)[Si](C)(C)OCC1CCN(c2nccc3occc23)CC1. The van der Waals surface area contributed by atoms with E-state index in [9.17, 15) is 0 Å². The van der Waals surface area contributed by atoms with Crippen molar-refractivity contribution in [1.82, 2.24) is 4.98 Å². The van der Waals surface area contributed by atoms with E-state index in [1.54, 1.807) is 6.26 Å². The van der Waals surface area contributed by atoms with Crippen LogP contribution in [-0.4, -0.2) is 33.0 Å². The van der Waals surface area contributed by atoms with Gasteiger partial charge in [0.25, 0.3) is 0 Å². The number of anilines is 1. The summed E-state index contributed by atoms with van der Waals surface area (Å²) >= 11 is 0. The highest BCUT2D eigenvalue weighted by Crippen LogP contribution is 2.37. The van der Waals surface area contributed by atoms with E-state index in [4.69, 9.17) is 8.84 Å². The fourth-order valence-corrected chi connectivity index (χ4v) is 4.07. The highest BCUT2D eigenvalue weighted by Gasteiger charge is 2.37. The van der Waals surface area contributed by atoms with Crippen LogP contribution in [0.25, 0.3) is 11.0 Å². The van der Waals surface area contributed by atoms with Crippen molar-refractivity contribution in [2.24, 2.45) is 5.92 Å². The molecule has 2 aromatic rings. The lowest BCUT2D eigenvalue weighted by molar-refractivity contribution is 0.205. The number of fused-ring (bicyclic) bond motifs is 1. The number of rotatable bonds is 4. The Morgan fingerprint density at radius 3 is 2.62 bits per heavy atom. The average Bonchev–Trinajstić information content (AvgIpc) is 3.01. The molecule has 0 saturated carbocycles. The number of piperidine rings is 1. The first-order valence-corrected chi connectivity index (χ1v) is 11.9. The summed E-state index contributed by atoms with van der Waals surface area (Å²) in [5.74, 6) is 1.73. The fourth-order valence-electron chi connectivity index (χ4n) is 2.99. The van der Waals surface area contributed by atoms with Crippen LogP contribution in [-0.2, 0) is 4.43 Å². The van der Waals surface area contributed by atoms with Crippen LogP contribution in [0, 0.1) is 5.92 Å². The highest BCUT2D eigenvalue weighted by molar-refractivity contribution is 6.74. The van der Waals surface area contributed by atoms with E-state index in [0.29, 0.717) is 5.92 Å². The minimum Gasteiger partial charge on any atom is -0.464 e. The zero-order valence-electron chi connectivity index (χ0n) is 15.6. The number of pyridine rings is 1. The maximum absolute atomic E-state index is 6.42. The molecule has 0 spiro atoms. The number of hydrogen-bond donors (Lipinski definition) is 0. The minimum atomic E-state index is -1.64. The van der Waals surface area contributed by atoms with Crippen molar-refractivity contribution in [3.05, 3.63) is 24.6 Å². The molecule has 0 aliphatic carbocycles. The van der Waals surface area contributed by atoms with E-state index in [0.717, 1.165) is 36.5 Å². The summed E-state index contributed by atoms with van der Waals surface area (Å²) in [5, 5.41) is 1.41.